The second-order valence-electron chi connectivity index (χ2n) is 4.61. The molecule has 0 saturated heterocycles. The van der Waals surface area contributed by atoms with Gasteiger partial charge in [-0.25, -0.2) is 8.42 Å². The molecule has 0 radical (unpaired) electrons. The van der Waals surface area contributed by atoms with Crippen molar-refractivity contribution in [2.45, 2.75) is 18.7 Å². The summed E-state index contributed by atoms with van der Waals surface area (Å²) in [5.74, 6) is 0.284. The third-order valence-electron chi connectivity index (χ3n) is 2.86. The molecule has 0 aliphatic carbocycles. The van der Waals surface area contributed by atoms with E-state index in [0.717, 1.165) is 5.56 Å². The maximum absolute atomic E-state index is 12.5. The quantitative estimate of drug-likeness (QED) is 0.832. The molecule has 2 aromatic carbocycles. The molecule has 0 atom stereocenters. The van der Waals surface area contributed by atoms with Gasteiger partial charge in [-0.3, -0.25) is 4.72 Å². The lowest BCUT2D eigenvalue weighted by molar-refractivity contribution is 0.331. The number of anilines is 2. The number of hydrogen-bond donors (Lipinski definition) is 2. The standard InChI is InChI=1S/C15H18N2O3S/c1-3-20-14-9-6-12(16)10-15(14)21(18,19)17-13-7-4-11(2)5-8-13/h4-10,17H,3,16H2,1-2H3. The molecule has 21 heavy (non-hydrogen) atoms. The minimum atomic E-state index is -3.76. The molecule has 2 rings (SSSR count). The van der Waals surface area contributed by atoms with E-state index in [9.17, 15) is 8.42 Å². The van der Waals surface area contributed by atoms with E-state index in [2.05, 4.69) is 4.72 Å². The van der Waals surface area contributed by atoms with Crippen molar-refractivity contribution in [3.8, 4) is 5.75 Å². The summed E-state index contributed by atoms with van der Waals surface area (Å²) in [5.41, 5.74) is 7.59. The summed E-state index contributed by atoms with van der Waals surface area (Å²) in [6, 6.07) is 11.6. The van der Waals surface area contributed by atoms with Gasteiger partial charge in [0.1, 0.15) is 10.6 Å². The third-order valence-corrected chi connectivity index (χ3v) is 4.26. The van der Waals surface area contributed by atoms with Crippen LogP contribution in [0.1, 0.15) is 12.5 Å². The van der Waals surface area contributed by atoms with Crippen molar-refractivity contribution >= 4 is 21.4 Å². The molecule has 0 bridgehead atoms. The Labute approximate surface area is 124 Å². The topological polar surface area (TPSA) is 81.4 Å². The Bertz CT molecular complexity index is 725. The van der Waals surface area contributed by atoms with Crippen LogP contribution in [0.25, 0.3) is 0 Å². The first-order valence-electron chi connectivity index (χ1n) is 6.54. The highest BCUT2D eigenvalue weighted by Gasteiger charge is 2.20. The van der Waals surface area contributed by atoms with Crippen molar-refractivity contribution in [3.63, 3.8) is 0 Å². The first-order chi connectivity index (χ1) is 9.92. The maximum Gasteiger partial charge on any atom is 0.265 e. The Morgan fingerprint density at radius 1 is 1.14 bits per heavy atom. The minimum absolute atomic E-state index is 0.0323. The molecule has 0 heterocycles. The van der Waals surface area contributed by atoms with Crippen LogP contribution in [0.15, 0.2) is 47.4 Å². The third kappa shape index (κ3) is 3.66. The zero-order chi connectivity index (χ0) is 15.5. The zero-order valence-electron chi connectivity index (χ0n) is 12.0. The van der Waals surface area contributed by atoms with Gasteiger partial charge < -0.3 is 10.5 Å². The van der Waals surface area contributed by atoms with Gasteiger partial charge in [0, 0.05) is 11.4 Å². The first-order valence-corrected chi connectivity index (χ1v) is 8.02. The number of rotatable bonds is 5. The Morgan fingerprint density at radius 2 is 1.81 bits per heavy atom. The molecular weight excluding hydrogens is 288 g/mol. The second kappa shape index (κ2) is 6.05. The molecular formula is C15H18N2O3S. The van der Waals surface area contributed by atoms with E-state index >= 15 is 0 Å². The highest BCUT2D eigenvalue weighted by molar-refractivity contribution is 7.92. The molecule has 112 valence electrons. The number of sulfonamides is 1. The summed E-state index contributed by atoms with van der Waals surface area (Å²) < 4.78 is 32.9. The van der Waals surface area contributed by atoms with Crippen molar-refractivity contribution in [2.75, 3.05) is 17.1 Å². The van der Waals surface area contributed by atoms with Crippen LogP contribution in [0.3, 0.4) is 0 Å². The molecule has 5 nitrogen and oxygen atoms in total. The van der Waals surface area contributed by atoms with E-state index in [1.165, 1.54) is 6.07 Å². The predicted octanol–water partition coefficient (Wildman–Crippen LogP) is 2.78. The zero-order valence-corrected chi connectivity index (χ0v) is 12.8. The van der Waals surface area contributed by atoms with Crippen molar-refractivity contribution in [3.05, 3.63) is 48.0 Å². The van der Waals surface area contributed by atoms with E-state index in [-0.39, 0.29) is 10.6 Å². The molecule has 0 amide bonds. The van der Waals surface area contributed by atoms with Gasteiger partial charge in [-0.05, 0) is 44.2 Å². The number of nitrogens with two attached hydrogens (primary N) is 1. The Hall–Kier alpha value is -2.21. The molecule has 0 aliphatic rings. The van der Waals surface area contributed by atoms with Gasteiger partial charge in [-0.1, -0.05) is 17.7 Å². The molecule has 0 spiro atoms. The number of nitrogens with one attached hydrogen (secondary N) is 1. The summed E-state index contributed by atoms with van der Waals surface area (Å²) in [6.07, 6.45) is 0. The van der Waals surface area contributed by atoms with E-state index in [0.29, 0.717) is 18.0 Å². The predicted molar refractivity (Wildman–Crippen MR) is 84.0 cm³/mol. The van der Waals surface area contributed by atoms with Gasteiger partial charge in [-0.2, -0.15) is 0 Å². The van der Waals surface area contributed by atoms with Gasteiger partial charge in [0.05, 0.1) is 6.61 Å². The van der Waals surface area contributed by atoms with Crippen molar-refractivity contribution in [2.24, 2.45) is 0 Å². The molecule has 0 aromatic heterocycles. The van der Waals surface area contributed by atoms with Crippen molar-refractivity contribution in [1.82, 2.24) is 0 Å². The largest absolute Gasteiger partial charge is 0.492 e. The summed E-state index contributed by atoms with van der Waals surface area (Å²) >= 11 is 0. The Kier molecular flexibility index (Phi) is 4.37. The lowest BCUT2D eigenvalue weighted by Crippen LogP contribution is -2.15. The highest BCUT2D eigenvalue weighted by atomic mass is 32.2. The van der Waals surface area contributed by atoms with Gasteiger partial charge in [0.25, 0.3) is 10.0 Å². The Morgan fingerprint density at radius 3 is 2.43 bits per heavy atom. The van der Waals surface area contributed by atoms with Gasteiger partial charge in [-0.15, -0.1) is 0 Å². The van der Waals surface area contributed by atoms with Crippen LogP contribution in [0.4, 0.5) is 11.4 Å². The van der Waals surface area contributed by atoms with Crippen LogP contribution in [-0.4, -0.2) is 15.0 Å². The normalized spacial score (nSPS) is 11.1. The van der Waals surface area contributed by atoms with E-state index in [4.69, 9.17) is 10.5 Å². The molecule has 0 saturated carbocycles. The number of benzene rings is 2. The maximum atomic E-state index is 12.5. The van der Waals surface area contributed by atoms with Crippen molar-refractivity contribution < 1.29 is 13.2 Å². The van der Waals surface area contributed by atoms with Crippen LogP contribution in [0, 0.1) is 6.92 Å². The lowest BCUT2D eigenvalue weighted by Gasteiger charge is -2.13. The molecule has 3 N–H and O–H groups in total. The molecule has 2 aromatic rings. The van der Waals surface area contributed by atoms with E-state index in [1.54, 1.807) is 31.2 Å². The fourth-order valence-corrected chi connectivity index (χ4v) is 3.08. The lowest BCUT2D eigenvalue weighted by atomic mass is 10.2. The van der Waals surface area contributed by atoms with E-state index in [1.807, 2.05) is 19.1 Å². The van der Waals surface area contributed by atoms with Gasteiger partial charge >= 0.3 is 0 Å². The minimum Gasteiger partial charge on any atom is -0.492 e. The SMILES string of the molecule is CCOc1ccc(N)cc1S(=O)(=O)Nc1ccc(C)cc1. The van der Waals surface area contributed by atoms with Gasteiger partial charge in [0.2, 0.25) is 0 Å². The number of aryl methyl sites for hydroxylation is 1. The summed E-state index contributed by atoms with van der Waals surface area (Å²) in [5, 5.41) is 0. The first kappa shape index (κ1) is 15.2. The van der Waals surface area contributed by atoms with Crippen LogP contribution in [-0.2, 0) is 10.0 Å². The van der Waals surface area contributed by atoms with Crippen LogP contribution in [0.5, 0.6) is 5.75 Å². The van der Waals surface area contributed by atoms with Crippen LogP contribution in [0.2, 0.25) is 0 Å². The number of ether oxygens (including phenoxy) is 1. The van der Waals surface area contributed by atoms with Crippen LogP contribution < -0.4 is 15.2 Å². The average molecular weight is 306 g/mol. The van der Waals surface area contributed by atoms with Crippen molar-refractivity contribution in [1.29, 1.82) is 0 Å². The van der Waals surface area contributed by atoms with E-state index < -0.39 is 10.0 Å². The fraction of sp³-hybridized carbons (Fsp3) is 0.200. The monoisotopic (exact) mass is 306 g/mol. The molecule has 0 fully saturated rings. The molecule has 0 unspecified atom stereocenters. The smallest absolute Gasteiger partial charge is 0.265 e. The fourth-order valence-electron chi connectivity index (χ4n) is 1.84. The number of nitrogen functional groups attached to an aromatic ring is 1. The summed E-state index contributed by atoms with van der Waals surface area (Å²) in [7, 11) is -3.76. The summed E-state index contributed by atoms with van der Waals surface area (Å²) in [6.45, 7) is 4.10. The molecule has 6 heteroatoms. The average Bonchev–Trinajstić information content (AvgIpc) is 2.43. The van der Waals surface area contributed by atoms with Gasteiger partial charge in [0.15, 0.2) is 0 Å². The Balaban J connectivity index is 2.39. The highest BCUT2D eigenvalue weighted by Crippen LogP contribution is 2.28. The second-order valence-corrected chi connectivity index (χ2v) is 6.26. The van der Waals surface area contributed by atoms with Crippen LogP contribution >= 0.6 is 0 Å². The number of hydrogen-bond acceptors (Lipinski definition) is 4. The summed E-state index contributed by atoms with van der Waals surface area (Å²) in [4.78, 5) is 0.0323. The molecule has 0 aliphatic heterocycles.